The highest BCUT2D eigenvalue weighted by Gasteiger charge is 2.39. The van der Waals surface area contributed by atoms with Crippen molar-refractivity contribution in [3.05, 3.63) is 29.8 Å². The molecule has 1 atom stereocenters. The lowest BCUT2D eigenvalue weighted by Crippen LogP contribution is -2.55. The van der Waals surface area contributed by atoms with Crippen LogP contribution in [-0.4, -0.2) is 42.7 Å². The Balaban J connectivity index is 1.41. The normalized spacial score (nSPS) is 20.4. The van der Waals surface area contributed by atoms with Crippen LogP contribution in [0.5, 0.6) is 5.75 Å². The first-order valence-corrected chi connectivity index (χ1v) is 8.68. The number of carbonyl (C=O) groups is 1. The molecule has 6 nitrogen and oxygen atoms in total. The largest absolute Gasteiger partial charge is 0.497 e. The maximum atomic E-state index is 12.4. The van der Waals surface area contributed by atoms with E-state index in [9.17, 15) is 4.79 Å². The van der Waals surface area contributed by atoms with E-state index in [1.54, 1.807) is 7.11 Å². The van der Waals surface area contributed by atoms with Crippen LogP contribution in [0.25, 0.3) is 0 Å². The van der Waals surface area contributed by atoms with E-state index in [0.29, 0.717) is 13.0 Å². The molecule has 1 saturated heterocycles. The number of nitrogens with one attached hydrogen (secondary N) is 1. The fourth-order valence-corrected chi connectivity index (χ4v) is 3.06. The molecular formula is C19H24N4O2. The summed E-state index contributed by atoms with van der Waals surface area (Å²) in [6.45, 7) is 2.31. The standard InChI is InChI=1S/C19H24N4O2/c1-3-4-10-19(21-22-19)11-12-20-18(24)17-9-13-23(17)14-15-5-7-16(25-2)8-6-15/h1,5-8,17H,4,9-14H2,2H3,(H,20,24). The van der Waals surface area contributed by atoms with E-state index in [2.05, 4.69) is 26.4 Å². The van der Waals surface area contributed by atoms with Gasteiger partial charge in [-0.1, -0.05) is 12.1 Å². The van der Waals surface area contributed by atoms with Crippen LogP contribution < -0.4 is 10.1 Å². The molecule has 3 rings (SSSR count). The summed E-state index contributed by atoms with van der Waals surface area (Å²) in [7, 11) is 1.66. The van der Waals surface area contributed by atoms with E-state index in [0.717, 1.165) is 38.1 Å². The molecule has 1 unspecified atom stereocenters. The third-order valence-corrected chi connectivity index (χ3v) is 4.86. The predicted molar refractivity (Wildman–Crippen MR) is 95.1 cm³/mol. The number of likely N-dealkylation sites (tertiary alicyclic amines) is 1. The third kappa shape index (κ3) is 4.37. The van der Waals surface area contributed by atoms with Crippen molar-refractivity contribution in [2.45, 2.75) is 43.9 Å². The Labute approximate surface area is 148 Å². The fraction of sp³-hybridized carbons (Fsp3) is 0.526. The Morgan fingerprint density at radius 2 is 2.16 bits per heavy atom. The molecule has 1 aromatic rings. The van der Waals surface area contributed by atoms with Gasteiger partial charge in [-0.05, 0) is 24.1 Å². The molecule has 0 radical (unpaired) electrons. The molecule has 132 valence electrons. The first kappa shape index (κ1) is 17.4. The lowest BCUT2D eigenvalue weighted by molar-refractivity contribution is -0.131. The predicted octanol–water partition coefficient (Wildman–Crippen LogP) is 2.35. The molecule has 1 aromatic carbocycles. The van der Waals surface area contributed by atoms with Crippen molar-refractivity contribution in [1.82, 2.24) is 10.2 Å². The van der Waals surface area contributed by atoms with Gasteiger partial charge >= 0.3 is 0 Å². The summed E-state index contributed by atoms with van der Waals surface area (Å²) >= 11 is 0. The quantitative estimate of drug-likeness (QED) is 0.702. The topological polar surface area (TPSA) is 66.3 Å². The molecule has 2 aliphatic rings. The van der Waals surface area contributed by atoms with Crippen LogP contribution in [0.1, 0.15) is 31.2 Å². The second-order valence-electron chi connectivity index (χ2n) is 6.55. The summed E-state index contributed by atoms with van der Waals surface area (Å²) in [4.78, 5) is 14.6. The molecule has 1 N–H and O–H groups in total. The number of methoxy groups -OCH3 is 1. The molecule has 6 heteroatoms. The minimum atomic E-state index is -0.331. The van der Waals surface area contributed by atoms with E-state index < -0.39 is 0 Å². The molecule has 0 spiro atoms. The molecule has 0 saturated carbocycles. The number of amides is 1. The Hall–Kier alpha value is -2.39. The third-order valence-electron chi connectivity index (χ3n) is 4.86. The van der Waals surface area contributed by atoms with Crippen LogP contribution in [0.3, 0.4) is 0 Å². The van der Waals surface area contributed by atoms with E-state index in [1.165, 1.54) is 5.56 Å². The second kappa shape index (κ2) is 7.66. The highest BCUT2D eigenvalue weighted by atomic mass is 16.5. The lowest BCUT2D eigenvalue weighted by Gasteiger charge is -2.39. The molecule has 0 aliphatic carbocycles. The first-order valence-electron chi connectivity index (χ1n) is 8.68. The highest BCUT2D eigenvalue weighted by Crippen LogP contribution is 2.36. The molecule has 0 bridgehead atoms. The molecule has 25 heavy (non-hydrogen) atoms. The van der Waals surface area contributed by atoms with Crippen molar-refractivity contribution in [2.75, 3.05) is 20.2 Å². The van der Waals surface area contributed by atoms with Gasteiger partial charge in [0.15, 0.2) is 5.66 Å². The maximum absolute atomic E-state index is 12.4. The van der Waals surface area contributed by atoms with Crippen LogP contribution in [0.2, 0.25) is 0 Å². The Kier molecular flexibility index (Phi) is 5.34. The van der Waals surface area contributed by atoms with Gasteiger partial charge in [0.25, 0.3) is 0 Å². The van der Waals surface area contributed by atoms with E-state index >= 15 is 0 Å². The zero-order valence-corrected chi connectivity index (χ0v) is 14.6. The summed E-state index contributed by atoms with van der Waals surface area (Å²) in [5.41, 5.74) is 0.851. The van der Waals surface area contributed by atoms with Gasteiger partial charge < -0.3 is 10.1 Å². The highest BCUT2D eigenvalue weighted by molar-refractivity contribution is 5.82. The summed E-state index contributed by atoms with van der Waals surface area (Å²) in [6, 6.07) is 7.93. The van der Waals surface area contributed by atoms with Crippen LogP contribution in [0, 0.1) is 12.3 Å². The maximum Gasteiger partial charge on any atom is 0.237 e. The number of rotatable bonds is 9. The molecule has 2 aliphatic heterocycles. The summed E-state index contributed by atoms with van der Waals surface area (Å²) < 4.78 is 5.17. The number of benzene rings is 1. The van der Waals surface area contributed by atoms with Crippen molar-refractivity contribution < 1.29 is 9.53 Å². The number of ether oxygens (including phenoxy) is 1. The average Bonchev–Trinajstić information content (AvgIpc) is 3.37. The van der Waals surface area contributed by atoms with Crippen molar-refractivity contribution >= 4 is 5.91 Å². The monoisotopic (exact) mass is 340 g/mol. The van der Waals surface area contributed by atoms with Crippen LogP contribution in [0.4, 0.5) is 0 Å². The van der Waals surface area contributed by atoms with Gasteiger partial charge in [0.05, 0.1) is 13.2 Å². The van der Waals surface area contributed by atoms with Gasteiger partial charge in [-0.25, -0.2) is 0 Å². The summed E-state index contributed by atoms with van der Waals surface area (Å²) in [6.07, 6.45) is 8.35. The summed E-state index contributed by atoms with van der Waals surface area (Å²) in [5.74, 6) is 3.55. The van der Waals surface area contributed by atoms with Crippen LogP contribution >= 0.6 is 0 Å². The number of nitrogens with zero attached hydrogens (tertiary/aromatic N) is 3. The smallest absolute Gasteiger partial charge is 0.237 e. The minimum absolute atomic E-state index is 0.0446. The zero-order chi connectivity index (χ0) is 17.7. The van der Waals surface area contributed by atoms with Gasteiger partial charge in [-0.3, -0.25) is 9.69 Å². The van der Waals surface area contributed by atoms with Crippen LogP contribution in [-0.2, 0) is 11.3 Å². The number of terminal acetylenes is 1. The van der Waals surface area contributed by atoms with Crippen molar-refractivity contribution in [1.29, 1.82) is 0 Å². The van der Waals surface area contributed by atoms with Crippen molar-refractivity contribution in [2.24, 2.45) is 10.2 Å². The average molecular weight is 340 g/mol. The van der Waals surface area contributed by atoms with Crippen LogP contribution in [0.15, 0.2) is 34.5 Å². The Morgan fingerprint density at radius 3 is 2.72 bits per heavy atom. The molecular weight excluding hydrogens is 316 g/mol. The zero-order valence-electron chi connectivity index (χ0n) is 14.6. The van der Waals surface area contributed by atoms with Crippen molar-refractivity contribution in [3.8, 4) is 18.1 Å². The van der Waals surface area contributed by atoms with Gasteiger partial charge in [0.1, 0.15) is 5.75 Å². The molecule has 1 amide bonds. The SMILES string of the molecule is C#CCCC1(CCNC(=O)C2CCN2Cc2ccc(OC)cc2)N=N1. The second-order valence-corrected chi connectivity index (χ2v) is 6.55. The molecule has 1 fully saturated rings. The van der Waals surface area contributed by atoms with Gasteiger partial charge in [-0.15, -0.1) is 12.3 Å². The van der Waals surface area contributed by atoms with Gasteiger partial charge in [-0.2, -0.15) is 10.2 Å². The lowest BCUT2D eigenvalue weighted by atomic mass is 10.00. The van der Waals surface area contributed by atoms with Gasteiger partial charge in [0.2, 0.25) is 5.91 Å². The number of hydrogen-bond acceptors (Lipinski definition) is 5. The molecule has 0 aromatic heterocycles. The Bertz CT molecular complexity index is 672. The number of hydrogen-bond donors (Lipinski definition) is 1. The first-order chi connectivity index (χ1) is 12.2. The van der Waals surface area contributed by atoms with Gasteiger partial charge in [0, 0.05) is 38.9 Å². The molecule has 2 heterocycles. The van der Waals surface area contributed by atoms with E-state index in [1.807, 2.05) is 24.3 Å². The minimum Gasteiger partial charge on any atom is -0.497 e. The number of carbonyl (C=O) groups excluding carboxylic acids is 1. The summed E-state index contributed by atoms with van der Waals surface area (Å²) in [5, 5.41) is 11.2. The van der Waals surface area contributed by atoms with E-state index in [-0.39, 0.29) is 17.6 Å². The van der Waals surface area contributed by atoms with E-state index in [4.69, 9.17) is 11.2 Å². The Morgan fingerprint density at radius 1 is 1.40 bits per heavy atom. The van der Waals surface area contributed by atoms with Crippen molar-refractivity contribution in [3.63, 3.8) is 0 Å². The fourth-order valence-electron chi connectivity index (χ4n) is 3.06.